The molecule has 0 spiro atoms. The van der Waals surface area contributed by atoms with E-state index in [4.69, 9.17) is 11.6 Å². The number of rotatable bonds is 5. The maximum atomic E-state index is 13.1. The average Bonchev–Trinajstić information content (AvgIpc) is 3.06. The Bertz CT molecular complexity index is 1040. The second kappa shape index (κ2) is 9.02. The second-order valence-electron chi connectivity index (χ2n) is 7.94. The highest BCUT2D eigenvalue weighted by molar-refractivity contribution is 6.31. The quantitative estimate of drug-likeness (QED) is 0.620. The van der Waals surface area contributed by atoms with Gasteiger partial charge >= 0.3 is 0 Å². The molecule has 4 rings (SSSR count). The summed E-state index contributed by atoms with van der Waals surface area (Å²) in [5.41, 5.74) is 5.10. The molecule has 3 aromatic rings. The molecule has 0 unspecified atom stereocenters. The van der Waals surface area contributed by atoms with Crippen LogP contribution < -0.4 is 0 Å². The molecule has 1 aliphatic rings. The van der Waals surface area contributed by atoms with Gasteiger partial charge in [-0.15, -0.1) is 0 Å². The summed E-state index contributed by atoms with van der Waals surface area (Å²) in [5, 5.41) is 5.33. The summed E-state index contributed by atoms with van der Waals surface area (Å²) in [6, 6.07) is 17.9. The van der Waals surface area contributed by atoms with E-state index in [0.29, 0.717) is 6.54 Å². The number of carbonyl (C=O) groups excluding carboxylic acids is 1. The van der Waals surface area contributed by atoms with Gasteiger partial charge in [-0.25, -0.2) is 0 Å². The van der Waals surface area contributed by atoms with Crippen molar-refractivity contribution in [1.29, 1.82) is 0 Å². The molecule has 0 bridgehead atoms. The number of nitrogens with zero attached hydrogens (tertiary/aromatic N) is 4. The fourth-order valence-electron chi connectivity index (χ4n) is 3.97. The van der Waals surface area contributed by atoms with Gasteiger partial charge in [0.15, 0.2) is 0 Å². The van der Waals surface area contributed by atoms with E-state index in [2.05, 4.69) is 35.1 Å². The molecule has 1 fully saturated rings. The van der Waals surface area contributed by atoms with Gasteiger partial charge in [0.05, 0.1) is 12.2 Å². The van der Waals surface area contributed by atoms with Gasteiger partial charge in [-0.1, -0.05) is 41.9 Å². The standard InChI is InChI=1S/C24H27ClN4O/c1-18-14-19(2)29(26-18)16-20-6-5-8-21(15-20)24(30)28-12-10-27(11-13-28)17-22-7-3-4-9-23(22)25/h3-9,14-15H,10-13,16-17H2,1-2H3. The van der Waals surface area contributed by atoms with Crippen LogP contribution in [-0.4, -0.2) is 51.7 Å². The van der Waals surface area contributed by atoms with Crippen molar-refractivity contribution < 1.29 is 4.79 Å². The number of aromatic nitrogens is 2. The molecule has 0 N–H and O–H groups in total. The van der Waals surface area contributed by atoms with Crippen LogP contribution in [0.25, 0.3) is 0 Å². The van der Waals surface area contributed by atoms with Gasteiger partial charge in [-0.2, -0.15) is 5.10 Å². The van der Waals surface area contributed by atoms with Crippen molar-refractivity contribution >= 4 is 17.5 Å². The zero-order valence-electron chi connectivity index (χ0n) is 17.5. The molecule has 1 aromatic heterocycles. The lowest BCUT2D eigenvalue weighted by atomic mass is 10.1. The number of hydrogen-bond acceptors (Lipinski definition) is 3. The first-order valence-electron chi connectivity index (χ1n) is 10.3. The zero-order valence-corrected chi connectivity index (χ0v) is 18.3. The van der Waals surface area contributed by atoms with Crippen LogP contribution in [0.15, 0.2) is 54.6 Å². The van der Waals surface area contributed by atoms with Gasteiger partial charge in [0.1, 0.15) is 0 Å². The van der Waals surface area contributed by atoms with Crippen molar-refractivity contribution in [3.8, 4) is 0 Å². The minimum Gasteiger partial charge on any atom is -0.336 e. The summed E-state index contributed by atoms with van der Waals surface area (Å²) in [5.74, 6) is 0.0996. The summed E-state index contributed by atoms with van der Waals surface area (Å²) in [6.07, 6.45) is 0. The Hall–Kier alpha value is -2.63. The first-order chi connectivity index (χ1) is 14.5. The van der Waals surface area contributed by atoms with E-state index in [-0.39, 0.29) is 5.91 Å². The molecule has 2 aromatic carbocycles. The topological polar surface area (TPSA) is 41.4 Å². The van der Waals surface area contributed by atoms with E-state index in [1.165, 1.54) is 0 Å². The Kier molecular flexibility index (Phi) is 6.21. The highest BCUT2D eigenvalue weighted by Gasteiger charge is 2.22. The number of aryl methyl sites for hydroxylation is 2. The SMILES string of the molecule is Cc1cc(C)n(Cc2cccc(C(=O)N3CCN(Cc4ccccc4Cl)CC3)c2)n1. The third-order valence-electron chi connectivity index (χ3n) is 5.62. The van der Waals surface area contributed by atoms with Crippen LogP contribution in [0.5, 0.6) is 0 Å². The Labute approximate surface area is 182 Å². The van der Waals surface area contributed by atoms with Crippen LogP contribution in [0.3, 0.4) is 0 Å². The molecule has 156 valence electrons. The predicted molar refractivity (Wildman–Crippen MR) is 120 cm³/mol. The summed E-state index contributed by atoms with van der Waals surface area (Å²) in [4.78, 5) is 17.4. The van der Waals surface area contributed by atoms with Crippen LogP contribution in [0, 0.1) is 13.8 Å². The number of carbonyl (C=O) groups is 1. The van der Waals surface area contributed by atoms with Crippen LogP contribution >= 0.6 is 11.6 Å². The molecule has 0 aliphatic carbocycles. The zero-order chi connectivity index (χ0) is 21.1. The Morgan fingerprint density at radius 2 is 1.73 bits per heavy atom. The molecule has 5 nitrogen and oxygen atoms in total. The minimum atomic E-state index is 0.0996. The number of amides is 1. The highest BCUT2D eigenvalue weighted by atomic mass is 35.5. The van der Waals surface area contributed by atoms with E-state index in [1.807, 2.05) is 52.9 Å². The van der Waals surface area contributed by atoms with Crippen molar-refractivity contribution in [1.82, 2.24) is 19.6 Å². The molecular formula is C24H27ClN4O. The molecule has 30 heavy (non-hydrogen) atoms. The molecular weight excluding hydrogens is 396 g/mol. The lowest BCUT2D eigenvalue weighted by Gasteiger charge is -2.35. The Morgan fingerprint density at radius 1 is 0.967 bits per heavy atom. The number of piperazine rings is 1. The summed E-state index contributed by atoms with van der Waals surface area (Å²) in [7, 11) is 0. The lowest BCUT2D eigenvalue weighted by Crippen LogP contribution is -2.48. The maximum absolute atomic E-state index is 13.1. The molecule has 1 amide bonds. The number of hydrogen-bond donors (Lipinski definition) is 0. The van der Waals surface area contributed by atoms with Gasteiger partial charge in [0, 0.05) is 49.0 Å². The van der Waals surface area contributed by atoms with Crippen molar-refractivity contribution in [2.75, 3.05) is 26.2 Å². The molecule has 0 atom stereocenters. The van der Waals surface area contributed by atoms with Gasteiger partial charge in [0.2, 0.25) is 0 Å². The highest BCUT2D eigenvalue weighted by Crippen LogP contribution is 2.19. The molecule has 2 heterocycles. The Balaban J connectivity index is 1.37. The fourth-order valence-corrected chi connectivity index (χ4v) is 4.17. The minimum absolute atomic E-state index is 0.0996. The van der Waals surface area contributed by atoms with Gasteiger partial charge in [-0.05, 0) is 49.2 Å². The molecule has 1 saturated heterocycles. The average molecular weight is 423 g/mol. The van der Waals surface area contributed by atoms with E-state index in [1.54, 1.807) is 0 Å². The largest absolute Gasteiger partial charge is 0.336 e. The maximum Gasteiger partial charge on any atom is 0.253 e. The van der Waals surface area contributed by atoms with E-state index in [0.717, 1.165) is 65.8 Å². The number of benzene rings is 2. The van der Waals surface area contributed by atoms with Crippen LogP contribution in [0.4, 0.5) is 0 Å². The number of halogens is 1. The normalized spacial score (nSPS) is 14.8. The third kappa shape index (κ3) is 4.74. The van der Waals surface area contributed by atoms with Crippen LogP contribution in [-0.2, 0) is 13.1 Å². The first kappa shape index (κ1) is 20.6. The smallest absolute Gasteiger partial charge is 0.253 e. The second-order valence-corrected chi connectivity index (χ2v) is 8.35. The third-order valence-corrected chi connectivity index (χ3v) is 5.99. The first-order valence-corrected chi connectivity index (χ1v) is 10.7. The van der Waals surface area contributed by atoms with E-state index in [9.17, 15) is 4.79 Å². The van der Waals surface area contributed by atoms with E-state index < -0.39 is 0 Å². The van der Waals surface area contributed by atoms with Crippen molar-refractivity contribution in [3.63, 3.8) is 0 Å². The van der Waals surface area contributed by atoms with Gasteiger partial charge < -0.3 is 4.90 Å². The molecule has 0 saturated carbocycles. The van der Waals surface area contributed by atoms with E-state index >= 15 is 0 Å². The van der Waals surface area contributed by atoms with Gasteiger partial charge in [0.25, 0.3) is 5.91 Å². The van der Waals surface area contributed by atoms with Crippen molar-refractivity contribution in [2.24, 2.45) is 0 Å². The van der Waals surface area contributed by atoms with Gasteiger partial charge in [-0.3, -0.25) is 14.4 Å². The summed E-state index contributed by atoms with van der Waals surface area (Å²) in [6.45, 7) is 8.69. The molecule has 1 aliphatic heterocycles. The predicted octanol–water partition coefficient (Wildman–Crippen LogP) is 4.16. The lowest BCUT2D eigenvalue weighted by molar-refractivity contribution is 0.0628. The molecule has 0 radical (unpaired) electrons. The monoisotopic (exact) mass is 422 g/mol. The summed E-state index contributed by atoms with van der Waals surface area (Å²) < 4.78 is 1.98. The fraction of sp³-hybridized carbons (Fsp3) is 0.333. The van der Waals surface area contributed by atoms with Crippen LogP contribution in [0.1, 0.15) is 32.9 Å². The van der Waals surface area contributed by atoms with Crippen molar-refractivity contribution in [3.05, 3.63) is 87.7 Å². The molecule has 6 heteroatoms. The van der Waals surface area contributed by atoms with Crippen LogP contribution in [0.2, 0.25) is 5.02 Å². The summed E-state index contributed by atoms with van der Waals surface area (Å²) >= 11 is 6.29. The van der Waals surface area contributed by atoms with Crippen molar-refractivity contribution in [2.45, 2.75) is 26.9 Å². The Morgan fingerprint density at radius 3 is 2.43 bits per heavy atom.